The Morgan fingerprint density at radius 2 is 2.06 bits per heavy atom. The van der Waals surface area contributed by atoms with E-state index in [9.17, 15) is 0 Å². The Hall–Kier alpha value is -1.94. The Labute approximate surface area is 99.6 Å². The van der Waals surface area contributed by atoms with E-state index >= 15 is 0 Å². The molecule has 1 aromatic carbocycles. The number of nitrogens with zero attached hydrogens (tertiary/aromatic N) is 1. The number of aromatic nitrogens is 1. The third kappa shape index (κ3) is 1.87. The minimum atomic E-state index is 0.308. The van der Waals surface area contributed by atoms with Crippen molar-refractivity contribution in [3.8, 4) is 17.2 Å². The predicted molar refractivity (Wildman–Crippen MR) is 64.7 cm³/mol. The highest BCUT2D eigenvalue weighted by atomic mass is 16.7. The second kappa shape index (κ2) is 4.14. The fourth-order valence-corrected chi connectivity index (χ4v) is 1.96. The first-order valence-corrected chi connectivity index (χ1v) is 5.64. The summed E-state index contributed by atoms with van der Waals surface area (Å²) in [4.78, 5) is 0. The van der Waals surface area contributed by atoms with E-state index in [1.807, 2.05) is 24.4 Å². The third-order valence-electron chi connectivity index (χ3n) is 2.84. The van der Waals surface area contributed by atoms with Gasteiger partial charge in [0.15, 0.2) is 11.5 Å². The third-order valence-corrected chi connectivity index (χ3v) is 2.84. The normalized spacial score (nSPS) is 13.0. The summed E-state index contributed by atoms with van der Waals surface area (Å²) in [6.07, 6.45) is 5.02. The number of fused-ring (bicyclic) bond motifs is 1. The molecule has 0 radical (unpaired) electrons. The van der Waals surface area contributed by atoms with Crippen molar-refractivity contribution >= 4 is 0 Å². The van der Waals surface area contributed by atoms with E-state index in [2.05, 4.69) is 16.8 Å². The maximum absolute atomic E-state index is 5.54. The van der Waals surface area contributed by atoms with Crippen molar-refractivity contribution < 1.29 is 9.47 Å². The molecule has 88 valence electrons. The number of nitrogens with two attached hydrogens (primary N) is 1. The smallest absolute Gasteiger partial charge is 0.231 e. The van der Waals surface area contributed by atoms with Gasteiger partial charge >= 0.3 is 0 Å². The van der Waals surface area contributed by atoms with E-state index in [1.165, 1.54) is 5.56 Å². The summed E-state index contributed by atoms with van der Waals surface area (Å²) in [6.45, 7) is 0.980. The zero-order chi connectivity index (χ0) is 11.7. The Morgan fingerprint density at radius 1 is 1.18 bits per heavy atom. The van der Waals surface area contributed by atoms with Crippen LogP contribution in [0.1, 0.15) is 5.56 Å². The summed E-state index contributed by atoms with van der Waals surface area (Å²) in [5, 5.41) is 0. The largest absolute Gasteiger partial charge is 0.454 e. The molecule has 1 aromatic heterocycles. The molecule has 0 spiro atoms. The predicted octanol–water partition coefficient (Wildman–Crippen LogP) is 1.71. The average Bonchev–Trinajstić information content (AvgIpc) is 2.96. The van der Waals surface area contributed by atoms with E-state index < -0.39 is 0 Å². The van der Waals surface area contributed by atoms with Gasteiger partial charge in [-0.15, -0.1) is 0 Å². The van der Waals surface area contributed by atoms with E-state index in [0.717, 1.165) is 23.6 Å². The summed E-state index contributed by atoms with van der Waals surface area (Å²) < 4.78 is 12.7. The summed E-state index contributed by atoms with van der Waals surface area (Å²) in [5.74, 6) is 1.61. The van der Waals surface area contributed by atoms with Crippen LogP contribution in [-0.2, 0) is 6.42 Å². The van der Waals surface area contributed by atoms with Crippen molar-refractivity contribution in [1.29, 1.82) is 0 Å². The zero-order valence-corrected chi connectivity index (χ0v) is 9.43. The molecule has 2 heterocycles. The minimum Gasteiger partial charge on any atom is -0.454 e. The first-order valence-electron chi connectivity index (χ1n) is 5.64. The molecule has 3 rings (SSSR count). The molecule has 1 aliphatic heterocycles. The van der Waals surface area contributed by atoms with Gasteiger partial charge in [-0.1, -0.05) is 0 Å². The Kier molecular flexibility index (Phi) is 2.49. The molecular formula is C13H14N2O2. The molecule has 0 amide bonds. The molecular weight excluding hydrogens is 216 g/mol. The highest BCUT2D eigenvalue weighted by molar-refractivity contribution is 5.50. The molecule has 0 unspecified atom stereocenters. The SMILES string of the molecule is NCCc1ccn(-c2ccc3c(c2)OCO3)c1. The molecule has 2 aromatic rings. The van der Waals surface area contributed by atoms with Gasteiger partial charge in [-0.05, 0) is 36.7 Å². The molecule has 4 heteroatoms. The highest BCUT2D eigenvalue weighted by Crippen LogP contribution is 2.33. The van der Waals surface area contributed by atoms with Gasteiger partial charge in [0.05, 0.1) is 0 Å². The lowest BCUT2D eigenvalue weighted by Gasteiger charge is -2.04. The van der Waals surface area contributed by atoms with E-state index in [4.69, 9.17) is 15.2 Å². The van der Waals surface area contributed by atoms with Crippen LogP contribution < -0.4 is 15.2 Å². The van der Waals surface area contributed by atoms with Crippen LogP contribution in [0.4, 0.5) is 0 Å². The molecule has 0 bridgehead atoms. The number of ether oxygens (including phenoxy) is 2. The van der Waals surface area contributed by atoms with Crippen molar-refractivity contribution in [2.45, 2.75) is 6.42 Å². The Morgan fingerprint density at radius 3 is 2.94 bits per heavy atom. The molecule has 0 saturated heterocycles. The van der Waals surface area contributed by atoms with Crippen LogP contribution in [0.25, 0.3) is 5.69 Å². The quantitative estimate of drug-likeness (QED) is 0.873. The standard InChI is InChI=1S/C13H14N2O2/c14-5-3-10-4-6-15(8-10)11-1-2-12-13(7-11)17-9-16-12/h1-2,4,6-8H,3,5,9,14H2. The van der Waals surface area contributed by atoms with E-state index in [-0.39, 0.29) is 0 Å². The van der Waals surface area contributed by atoms with Crippen LogP contribution in [0.15, 0.2) is 36.7 Å². The molecule has 1 aliphatic rings. The van der Waals surface area contributed by atoms with Crippen molar-refractivity contribution in [3.63, 3.8) is 0 Å². The molecule has 17 heavy (non-hydrogen) atoms. The van der Waals surface area contributed by atoms with Gasteiger partial charge in [-0.3, -0.25) is 0 Å². The summed E-state index contributed by atoms with van der Waals surface area (Å²) in [6, 6.07) is 8.01. The second-order valence-corrected chi connectivity index (χ2v) is 4.00. The highest BCUT2D eigenvalue weighted by Gasteiger charge is 2.13. The second-order valence-electron chi connectivity index (χ2n) is 4.00. The van der Waals surface area contributed by atoms with Crippen LogP contribution in [0, 0.1) is 0 Å². The van der Waals surface area contributed by atoms with Gasteiger partial charge < -0.3 is 19.8 Å². The van der Waals surface area contributed by atoms with Crippen molar-refractivity contribution in [2.24, 2.45) is 5.73 Å². The van der Waals surface area contributed by atoms with Crippen molar-refractivity contribution in [1.82, 2.24) is 4.57 Å². The van der Waals surface area contributed by atoms with Crippen LogP contribution in [0.2, 0.25) is 0 Å². The van der Waals surface area contributed by atoms with Gasteiger partial charge in [0.25, 0.3) is 0 Å². The van der Waals surface area contributed by atoms with Gasteiger partial charge in [-0.25, -0.2) is 0 Å². The lowest BCUT2D eigenvalue weighted by molar-refractivity contribution is 0.174. The molecule has 0 saturated carbocycles. The fraction of sp³-hybridized carbons (Fsp3) is 0.231. The Bertz CT molecular complexity index is 534. The monoisotopic (exact) mass is 230 g/mol. The number of benzene rings is 1. The molecule has 0 atom stereocenters. The van der Waals surface area contributed by atoms with Crippen LogP contribution >= 0.6 is 0 Å². The molecule has 0 aliphatic carbocycles. The van der Waals surface area contributed by atoms with Gasteiger partial charge in [-0.2, -0.15) is 0 Å². The number of hydrogen-bond acceptors (Lipinski definition) is 3. The zero-order valence-electron chi connectivity index (χ0n) is 9.43. The molecule has 0 fully saturated rings. The fourth-order valence-electron chi connectivity index (χ4n) is 1.96. The van der Waals surface area contributed by atoms with Gasteiger partial charge in [0, 0.05) is 24.1 Å². The van der Waals surface area contributed by atoms with Crippen LogP contribution in [0.5, 0.6) is 11.5 Å². The van der Waals surface area contributed by atoms with Crippen molar-refractivity contribution in [3.05, 3.63) is 42.2 Å². The van der Waals surface area contributed by atoms with E-state index in [1.54, 1.807) is 0 Å². The number of rotatable bonds is 3. The minimum absolute atomic E-state index is 0.308. The maximum atomic E-state index is 5.54. The first-order chi connectivity index (χ1) is 8.36. The number of hydrogen-bond donors (Lipinski definition) is 1. The molecule has 4 nitrogen and oxygen atoms in total. The average molecular weight is 230 g/mol. The summed E-state index contributed by atoms with van der Waals surface area (Å²) in [7, 11) is 0. The molecule has 2 N–H and O–H groups in total. The first kappa shape index (κ1) is 10.2. The lowest BCUT2D eigenvalue weighted by Crippen LogP contribution is -2.01. The van der Waals surface area contributed by atoms with Crippen molar-refractivity contribution in [2.75, 3.05) is 13.3 Å². The summed E-state index contributed by atoms with van der Waals surface area (Å²) >= 11 is 0. The van der Waals surface area contributed by atoms with Crippen LogP contribution in [0.3, 0.4) is 0 Å². The lowest BCUT2D eigenvalue weighted by atomic mass is 10.2. The van der Waals surface area contributed by atoms with Gasteiger partial charge in [0.1, 0.15) is 0 Å². The van der Waals surface area contributed by atoms with Gasteiger partial charge in [0.2, 0.25) is 6.79 Å². The van der Waals surface area contributed by atoms with E-state index in [0.29, 0.717) is 13.3 Å². The Balaban J connectivity index is 1.92. The summed E-state index contributed by atoms with van der Waals surface area (Å²) in [5.41, 5.74) is 7.84. The van der Waals surface area contributed by atoms with Crippen LogP contribution in [-0.4, -0.2) is 17.9 Å². The topological polar surface area (TPSA) is 49.4 Å². The maximum Gasteiger partial charge on any atom is 0.231 e.